The standard InChI is InChI=1S/C51H71NO31/c52-20-9-5-18(6-10-20)2-1-17-3-7-19(8-4-17)45(70)77-44-37(69)51-76-26(16-58)43(44)83-50-36(68)31(63)41(24(14-56)75-50)81-48-34(66)29(61)39(22(12-54)73-48)79-46-32(64)27(59)38(21(11-53)71-46)78-47-33(65)28(60)40(23(13-55)72-47)80-49-35(67)30(62)42(82-51)25(15-57)74-49/h1-10,21-44,46-51,53-69H,11-16,52H2/b2-1+/t21-,22-,23-,24-,25-,26-,27-,28-,29-,30-,31-,32-,33-,34-,35-,36-,37-,38-,39-,40-,41-,42-,43-,44-,46-,47-,48-,49-,50-,51-/m1/s1. The Morgan fingerprint density at radius 3 is 0.867 bits per heavy atom. The van der Waals surface area contributed by atoms with Crippen LogP contribution in [0.25, 0.3) is 12.2 Å². The predicted molar refractivity (Wildman–Crippen MR) is 265 cm³/mol. The predicted octanol–water partition coefficient (Wildman–Crippen LogP) is -9.44. The number of carbonyl (C=O) groups excluding carboxylic acids is 1. The number of hydrogen-bond donors (Lipinski definition) is 18. The van der Waals surface area contributed by atoms with Crippen LogP contribution in [0, 0.1) is 0 Å². The summed E-state index contributed by atoms with van der Waals surface area (Å²) in [5.74, 6) is -1.13. The van der Waals surface area contributed by atoms with Gasteiger partial charge in [0.15, 0.2) is 43.8 Å². The minimum atomic E-state index is -2.25. The van der Waals surface area contributed by atoms with Gasteiger partial charge in [-0.25, -0.2) is 4.79 Å². The Morgan fingerprint density at radius 2 is 0.590 bits per heavy atom. The highest BCUT2D eigenvalue weighted by Crippen LogP contribution is 2.39. The summed E-state index contributed by atoms with van der Waals surface area (Å²) in [5, 5.41) is 190. The molecule has 0 radical (unpaired) electrons. The van der Waals surface area contributed by atoms with Crippen LogP contribution in [-0.2, 0) is 61.6 Å². The van der Waals surface area contributed by atoms with Gasteiger partial charge in [0, 0.05) is 5.69 Å². The van der Waals surface area contributed by atoms with Crippen LogP contribution in [-0.4, -0.2) is 317 Å². The summed E-state index contributed by atoms with van der Waals surface area (Å²) in [5.41, 5.74) is 7.68. The molecule has 22 fully saturated rings. The van der Waals surface area contributed by atoms with Gasteiger partial charge in [0.05, 0.1) is 45.2 Å². The van der Waals surface area contributed by atoms with E-state index in [9.17, 15) is 91.6 Å². The fourth-order valence-corrected chi connectivity index (χ4v) is 10.8. The topological polar surface area (TPSA) is 507 Å². The summed E-state index contributed by atoms with van der Waals surface area (Å²) in [7, 11) is 0. The SMILES string of the molecule is Nc1ccc(/C=C/c2ccc(C(=O)O[C@@H]3[C@@H](O)[C@H]4O[C@H]5[C@H](O)[C@@H](O)[C@@H](O[C@H]6[C@H](O)[C@@H](O)[C@@H](O[C@H]7[C@H](O)[C@@H](O)[C@@H](O[C@H]8[C@H](O)[C@@H](O)[C@@H](O[C@H]9[C@H](O)[C@@H](O)[C@@H](O[C@@H]3[C@@H](CO)O4)O[C@@H]9CO)O[C@@H]8CO)O[C@@H]7CO)O[C@@H]6CO)O[C@@H]5CO)cc2)cc1. The van der Waals surface area contributed by atoms with Crippen LogP contribution < -0.4 is 5.73 Å². The fraction of sp³-hybridized carbons (Fsp3) is 0.706. The first-order valence-corrected chi connectivity index (χ1v) is 26.6. The summed E-state index contributed by atoms with van der Waals surface area (Å²) in [4.78, 5) is 14.1. The maximum Gasteiger partial charge on any atom is 0.338 e. The molecule has 2 aromatic carbocycles. The number of nitrogens with two attached hydrogens (primary N) is 1. The second-order valence-corrected chi connectivity index (χ2v) is 20.8. The summed E-state index contributed by atoms with van der Waals surface area (Å²) in [6.07, 6.45) is -56.7. The van der Waals surface area contributed by atoms with Crippen LogP contribution in [0.4, 0.5) is 5.69 Å². The van der Waals surface area contributed by atoms with E-state index in [0.717, 1.165) is 5.56 Å². The number of benzene rings is 2. The lowest BCUT2D eigenvalue weighted by Crippen LogP contribution is -2.69. The quantitative estimate of drug-likeness (QED) is 0.0597. The number of nitrogen functional groups attached to an aromatic ring is 1. The Balaban J connectivity index is 1.03. The van der Waals surface area contributed by atoms with Crippen molar-refractivity contribution in [2.24, 2.45) is 0 Å². The number of anilines is 1. The molecule has 2 aromatic rings. The highest BCUT2D eigenvalue weighted by molar-refractivity contribution is 5.90. The highest BCUT2D eigenvalue weighted by atomic mass is 16.8. The molecule has 22 saturated heterocycles. The zero-order valence-electron chi connectivity index (χ0n) is 43.7. The second-order valence-electron chi connectivity index (χ2n) is 20.8. The molecule has 12 bridgehead atoms. The van der Waals surface area contributed by atoms with Gasteiger partial charge in [0.2, 0.25) is 0 Å². The molecule has 22 aliphatic heterocycles. The average molecular weight is 1190 g/mol. The van der Waals surface area contributed by atoms with Gasteiger partial charge in [0.25, 0.3) is 0 Å². The highest BCUT2D eigenvalue weighted by Gasteiger charge is 2.59. The molecule has 24 rings (SSSR count). The first kappa shape index (κ1) is 63.8. The molecule has 19 N–H and O–H groups in total. The largest absolute Gasteiger partial charge is 0.453 e. The average Bonchev–Trinajstić information content (AvgIpc) is 3.62. The van der Waals surface area contributed by atoms with Crippen molar-refractivity contribution in [1.82, 2.24) is 0 Å². The lowest BCUT2D eigenvalue weighted by Gasteiger charge is -2.51. The van der Waals surface area contributed by atoms with Crippen molar-refractivity contribution in [2.75, 3.05) is 45.4 Å². The maximum absolute atomic E-state index is 14.1. The van der Waals surface area contributed by atoms with Crippen LogP contribution in [0.2, 0.25) is 0 Å². The van der Waals surface area contributed by atoms with E-state index in [1.807, 2.05) is 0 Å². The van der Waals surface area contributed by atoms with Crippen molar-refractivity contribution < 1.29 is 153 Å². The molecule has 32 heteroatoms. The van der Waals surface area contributed by atoms with E-state index in [2.05, 4.69) is 0 Å². The first-order chi connectivity index (χ1) is 39.7. The van der Waals surface area contributed by atoms with Crippen LogP contribution in [0.1, 0.15) is 21.5 Å². The van der Waals surface area contributed by atoms with E-state index in [1.54, 1.807) is 48.6 Å². The van der Waals surface area contributed by atoms with Crippen LogP contribution in [0.15, 0.2) is 48.5 Å². The zero-order chi connectivity index (χ0) is 59.7. The molecule has 0 aliphatic carbocycles. The van der Waals surface area contributed by atoms with E-state index in [1.165, 1.54) is 12.1 Å². The molecular weight excluding hydrogens is 1120 g/mol. The van der Waals surface area contributed by atoms with E-state index in [-0.39, 0.29) is 5.56 Å². The van der Waals surface area contributed by atoms with Crippen molar-refractivity contribution >= 4 is 23.8 Å². The summed E-state index contributed by atoms with van der Waals surface area (Å²) in [6, 6.07) is 12.8. The Bertz CT molecular complexity index is 2400. The molecule has 22 aliphatic rings. The van der Waals surface area contributed by atoms with Gasteiger partial charge in [-0.1, -0.05) is 36.4 Å². The van der Waals surface area contributed by atoms with Gasteiger partial charge in [-0.2, -0.15) is 0 Å². The van der Waals surface area contributed by atoms with Crippen molar-refractivity contribution in [1.29, 1.82) is 0 Å². The molecule has 466 valence electrons. The molecule has 0 aromatic heterocycles. The van der Waals surface area contributed by atoms with E-state index < -0.39 is 230 Å². The van der Waals surface area contributed by atoms with Crippen LogP contribution >= 0.6 is 0 Å². The van der Waals surface area contributed by atoms with Crippen molar-refractivity contribution in [3.8, 4) is 0 Å². The molecule has 0 unspecified atom stereocenters. The Kier molecular flexibility index (Phi) is 21.2. The Hall–Kier alpha value is -3.71. The zero-order valence-corrected chi connectivity index (χ0v) is 43.7. The minimum Gasteiger partial charge on any atom is -0.453 e. The van der Waals surface area contributed by atoms with Gasteiger partial charge in [-0.15, -0.1) is 0 Å². The van der Waals surface area contributed by atoms with Gasteiger partial charge < -0.3 is 154 Å². The van der Waals surface area contributed by atoms with E-state index in [4.69, 9.17) is 67.3 Å². The normalized spacial score (nSPS) is 46.4. The van der Waals surface area contributed by atoms with Gasteiger partial charge >= 0.3 is 5.97 Å². The first-order valence-electron chi connectivity index (χ1n) is 26.6. The van der Waals surface area contributed by atoms with Gasteiger partial charge in [0.1, 0.15) is 140 Å². The number of aliphatic hydroxyl groups excluding tert-OH is 17. The van der Waals surface area contributed by atoms with Crippen LogP contribution in [0.3, 0.4) is 0 Å². The molecule has 0 amide bonds. The molecule has 0 spiro atoms. The number of carbonyl (C=O) groups is 1. The second kappa shape index (κ2) is 27.6. The monoisotopic (exact) mass is 1190 g/mol. The van der Waals surface area contributed by atoms with E-state index >= 15 is 0 Å². The van der Waals surface area contributed by atoms with Crippen molar-refractivity contribution in [2.45, 2.75) is 184 Å². The molecule has 0 saturated carbocycles. The third-order valence-corrected chi connectivity index (χ3v) is 15.4. The fourth-order valence-electron chi connectivity index (χ4n) is 10.8. The minimum absolute atomic E-state index is 0.109. The van der Waals surface area contributed by atoms with Gasteiger partial charge in [-0.3, -0.25) is 0 Å². The smallest absolute Gasteiger partial charge is 0.338 e. The molecule has 30 atom stereocenters. The molecule has 83 heavy (non-hydrogen) atoms. The lowest BCUT2D eigenvalue weighted by atomic mass is 9.94. The van der Waals surface area contributed by atoms with Crippen molar-refractivity contribution in [3.05, 3.63) is 65.2 Å². The number of esters is 1. The summed E-state index contributed by atoms with van der Waals surface area (Å²) in [6.45, 7) is -6.26. The summed E-state index contributed by atoms with van der Waals surface area (Å²) < 4.78 is 75.6. The number of rotatable bonds is 10. The van der Waals surface area contributed by atoms with Crippen molar-refractivity contribution in [3.63, 3.8) is 0 Å². The number of hydrogen-bond acceptors (Lipinski definition) is 32. The maximum atomic E-state index is 14.1. The third kappa shape index (κ3) is 13.3. The molecular formula is C51H71NO31. The van der Waals surface area contributed by atoms with Gasteiger partial charge in [-0.05, 0) is 35.4 Å². The molecule has 22 heterocycles. The van der Waals surface area contributed by atoms with E-state index in [0.29, 0.717) is 11.3 Å². The van der Waals surface area contributed by atoms with Crippen LogP contribution in [0.5, 0.6) is 0 Å². The number of aliphatic hydroxyl groups is 17. The third-order valence-electron chi connectivity index (χ3n) is 15.4. The molecule has 32 nitrogen and oxygen atoms in total. The number of ether oxygens (including phenoxy) is 13. The Labute approximate surface area is 470 Å². The Morgan fingerprint density at radius 1 is 0.349 bits per heavy atom. The lowest BCUT2D eigenvalue weighted by molar-refractivity contribution is -0.403. The summed E-state index contributed by atoms with van der Waals surface area (Å²) >= 11 is 0.